The van der Waals surface area contributed by atoms with Gasteiger partial charge in [0, 0.05) is 22.2 Å². The van der Waals surface area contributed by atoms with E-state index < -0.39 is 11.9 Å². The van der Waals surface area contributed by atoms with Crippen LogP contribution in [0.5, 0.6) is 17.4 Å². The molecule has 0 spiro atoms. The Morgan fingerprint density at radius 1 is 1.29 bits per heavy atom. The molecule has 28 heavy (non-hydrogen) atoms. The molecule has 0 bridgehead atoms. The number of ether oxygens (including phenoxy) is 2. The third-order valence-corrected chi connectivity index (χ3v) is 4.69. The Morgan fingerprint density at radius 3 is 2.89 bits per heavy atom. The fourth-order valence-electron chi connectivity index (χ4n) is 3.10. The maximum Gasteiger partial charge on any atom is 0.247 e. The highest BCUT2D eigenvalue weighted by atomic mass is 19.1. The van der Waals surface area contributed by atoms with Crippen LogP contribution in [-0.4, -0.2) is 37.4 Å². The molecule has 0 amide bonds. The summed E-state index contributed by atoms with van der Waals surface area (Å²) in [5.74, 6) is 0.417. The summed E-state index contributed by atoms with van der Waals surface area (Å²) in [6.45, 7) is 5.77. The Kier molecular flexibility index (Phi) is 4.64. The van der Waals surface area contributed by atoms with E-state index >= 15 is 0 Å². The van der Waals surface area contributed by atoms with Gasteiger partial charge in [-0.15, -0.1) is 0 Å². The number of aryl methyl sites for hydroxylation is 2. The fourth-order valence-corrected chi connectivity index (χ4v) is 3.10. The number of nitrogens with one attached hydrogen (secondary N) is 1. The average Bonchev–Trinajstić information content (AvgIpc) is 3.22. The fraction of sp³-hybridized carbons (Fsp3) is 0.300. The average molecular weight is 384 g/mol. The number of rotatable bonds is 6. The first-order valence-electron chi connectivity index (χ1n) is 9.07. The highest BCUT2D eigenvalue weighted by Gasteiger charge is 2.18. The van der Waals surface area contributed by atoms with Gasteiger partial charge in [-0.1, -0.05) is 6.92 Å². The quantitative estimate of drug-likeness (QED) is 0.527. The van der Waals surface area contributed by atoms with Gasteiger partial charge in [0.1, 0.15) is 24.2 Å². The lowest BCUT2D eigenvalue weighted by Crippen LogP contribution is -2.16. The van der Waals surface area contributed by atoms with E-state index in [0.29, 0.717) is 28.6 Å². The van der Waals surface area contributed by atoms with E-state index in [-0.39, 0.29) is 18.2 Å². The second-order valence-corrected chi connectivity index (χ2v) is 6.74. The predicted molar refractivity (Wildman–Crippen MR) is 103 cm³/mol. The van der Waals surface area contributed by atoms with Gasteiger partial charge in [0.15, 0.2) is 11.6 Å². The SMILES string of the molecule is CC[C@@H](O)COc1cn2ncnc(Oc3ccc4[nH]c(C)cc4c3F)c2c1C. The standard InChI is InChI=1S/C20H21FN4O3/c1-4-13(26)9-27-17-8-25-19(12(17)3)20(22-10-23-25)28-16-6-5-15-14(18(16)21)7-11(2)24-15/h5-8,10,13,24,26H,4,9H2,1-3H3/t13-/m1/s1. The molecule has 3 aromatic heterocycles. The van der Waals surface area contributed by atoms with Gasteiger partial charge in [0.05, 0.1) is 12.3 Å². The van der Waals surface area contributed by atoms with Crippen molar-refractivity contribution in [1.29, 1.82) is 0 Å². The number of hydrogen-bond donors (Lipinski definition) is 2. The molecule has 0 aliphatic carbocycles. The summed E-state index contributed by atoms with van der Waals surface area (Å²) >= 11 is 0. The molecule has 0 fully saturated rings. The van der Waals surface area contributed by atoms with Crippen molar-refractivity contribution in [2.24, 2.45) is 0 Å². The highest BCUT2D eigenvalue weighted by Crippen LogP contribution is 2.34. The molecule has 0 unspecified atom stereocenters. The molecule has 0 aliphatic rings. The van der Waals surface area contributed by atoms with Crippen LogP contribution in [0.25, 0.3) is 16.4 Å². The normalized spacial score (nSPS) is 12.6. The third kappa shape index (κ3) is 3.16. The molecular formula is C20H21FN4O3. The number of halogens is 1. The predicted octanol–water partition coefficient (Wildman–Crippen LogP) is 3.91. The zero-order chi connectivity index (χ0) is 19.8. The van der Waals surface area contributed by atoms with Crippen molar-refractivity contribution in [3.8, 4) is 17.4 Å². The first kappa shape index (κ1) is 18.2. The van der Waals surface area contributed by atoms with Crippen molar-refractivity contribution >= 4 is 16.4 Å². The summed E-state index contributed by atoms with van der Waals surface area (Å²) in [7, 11) is 0. The van der Waals surface area contributed by atoms with Crippen LogP contribution in [-0.2, 0) is 0 Å². The van der Waals surface area contributed by atoms with E-state index in [1.807, 2.05) is 20.8 Å². The number of hydrogen-bond acceptors (Lipinski definition) is 5. The van der Waals surface area contributed by atoms with Crippen molar-refractivity contribution in [2.75, 3.05) is 6.61 Å². The minimum atomic E-state index is -0.546. The molecule has 3 heterocycles. The van der Waals surface area contributed by atoms with Crippen LogP contribution in [0.2, 0.25) is 0 Å². The molecule has 1 aromatic carbocycles. The number of aromatic nitrogens is 4. The van der Waals surface area contributed by atoms with Crippen LogP contribution in [0.4, 0.5) is 4.39 Å². The summed E-state index contributed by atoms with van der Waals surface area (Å²) in [4.78, 5) is 7.28. The van der Waals surface area contributed by atoms with Crippen molar-refractivity contribution in [3.05, 3.63) is 47.8 Å². The molecule has 8 heteroatoms. The topological polar surface area (TPSA) is 84.7 Å². The molecule has 1 atom stereocenters. The van der Waals surface area contributed by atoms with Crippen LogP contribution in [0.3, 0.4) is 0 Å². The molecule has 4 aromatic rings. The second-order valence-electron chi connectivity index (χ2n) is 6.74. The molecule has 7 nitrogen and oxygen atoms in total. The summed E-state index contributed by atoms with van der Waals surface area (Å²) in [6, 6.07) is 5.07. The largest absolute Gasteiger partial charge is 0.489 e. The van der Waals surface area contributed by atoms with E-state index in [9.17, 15) is 9.50 Å². The van der Waals surface area contributed by atoms with Gasteiger partial charge < -0.3 is 19.6 Å². The lowest BCUT2D eigenvalue weighted by atomic mass is 10.2. The molecule has 0 radical (unpaired) electrons. The van der Waals surface area contributed by atoms with Crippen molar-refractivity contribution in [3.63, 3.8) is 0 Å². The van der Waals surface area contributed by atoms with E-state index in [2.05, 4.69) is 15.1 Å². The zero-order valence-corrected chi connectivity index (χ0v) is 15.9. The maximum atomic E-state index is 14.9. The number of H-pyrrole nitrogens is 1. The van der Waals surface area contributed by atoms with Crippen LogP contribution in [0.15, 0.2) is 30.7 Å². The molecule has 146 valence electrons. The third-order valence-electron chi connectivity index (χ3n) is 4.69. The first-order valence-corrected chi connectivity index (χ1v) is 9.07. The number of benzene rings is 1. The van der Waals surface area contributed by atoms with Gasteiger partial charge in [0.25, 0.3) is 0 Å². The van der Waals surface area contributed by atoms with E-state index in [1.165, 1.54) is 6.33 Å². The second kappa shape index (κ2) is 7.12. The highest BCUT2D eigenvalue weighted by molar-refractivity contribution is 5.83. The van der Waals surface area contributed by atoms with Gasteiger partial charge in [-0.05, 0) is 38.5 Å². The number of nitrogens with zero attached hydrogens (tertiary/aromatic N) is 3. The smallest absolute Gasteiger partial charge is 0.247 e. The molecule has 0 aliphatic heterocycles. The van der Waals surface area contributed by atoms with Gasteiger partial charge in [-0.3, -0.25) is 0 Å². The lowest BCUT2D eigenvalue weighted by Gasteiger charge is -2.10. The van der Waals surface area contributed by atoms with Crippen LogP contribution in [0.1, 0.15) is 24.6 Å². The maximum absolute atomic E-state index is 14.9. The van der Waals surface area contributed by atoms with E-state index in [0.717, 1.165) is 11.3 Å². The van der Waals surface area contributed by atoms with E-state index in [4.69, 9.17) is 9.47 Å². The minimum Gasteiger partial charge on any atom is -0.489 e. The van der Waals surface area contributed by atoms with Crippen LogP contribution >= 0.6 is 0 Å². The minimum absolute atomic E-state index is 0.0802. The summed E-state index contributed by atoms with van der Waals surface area (Å²) in [5, 5.41) is 14.4. The van der Waals surface area contributed by atoms with Gasteiger partial charge in [-0.25, -0.2) is 8.91 Å². The van der Waals surface area contributed by atoms with Crippen molar-refractivity contribution < 1.29 is 19.0 Å². The van der Waals surface area contributed by atoms with Crippen molar-refractivity contribution in [1.82, 2.24) is 19.6 Å². The summed E-state index contributed by atoms with van der Waals surface area (Å²) in [5.41, 5.74) is 2.90. The lowest BCUT2D eigenvalue weighted by molar-refractivity contribution is 0.104. The Hall–Kier alpha value is -3.13. The Morgan fingerprint density at radius 2 is 2.11 bits per heavy atom. The van der Waals surface area contributed by atoms with Gasteiger partial charge >= 0.3 is 0 Å². The monoisotopic (exact) mass is 384 g/mol. The molecule has 2 N–H and O–H groups in total. The molecule has 4 rings (SSSR count). The van der Waals surface area contributed by atoms with Crippen molar-refractivity contribution in [2.45, 2.75) is 33.3 Å². The Labute approximate surface area is 160 Å². The van der Waals surface area contributed by atoms with Gasteiger partial charge in [-0.2, -0.15) is 10.1 Å². The zero-order valence-electron chi connectivity index (χ0n) is 15.9. The van der Waals surface area contributed by atoms with Crippen LogP contribution in [0, 0.1) is 19.7 Å². The summed E-state index contributed by atoms with van der Waals surface area (Å²) in [6.07, 6.45) is 3.08. The number of aromatic amines is 1. The molecule has 0 saturated carbocycles. The number of fused-ring (bicyclic) bond motifs is 2. The number of aliphatic hydroxyl groups is 1. The molecule has 0 saturated heterocycles. The van der Waals surface area contributed by atoms with Crippen LogP contribution < -0.4 is 9.47 Å². The molecular weight excluding hydrogens is 363 g/mol. The first-order chi connectivity index (χ1) is 13.5. The Bertz CT molecular complexity index is 1150. The van der Waals surface area contributed by atoms with Gasteiger partial charge in [0.2, 0.25) is 5.88 Å². The van der Waals surface area contributed by atoms with E-state index in [1.54, 1.807) is 28.9 Å². The Balaban J connectivity index is 1.71. The summed E-state index contributed by atoms with van der Waals surface area (Å²) < 4.78 is 28.0. The number of aliphatic hydroxyl groups excluding tert-OH is 1.